The SMILES string of the molecule is CCCCc1oc2ccc(N=Cc3cccc([N+](=O)[O-])c3)cc2c1C(=O)c1ccc(OC)cc1. The van der Waals surface area contributed by atoms with Crippen LogP contribution in [0.25, 0.3) is 11.0 Å². The van der Waals surface area contributed by atoms with E-state index in [0.717, 1.165) is 12.8 Å². The van der Waals surface area contributed by atoms with Crippen LogP contribution < -0.4 is 4.74 Å². The van der Waals surface area contributed by atoms with E-state index in [0.29, 0.717) is 51.3 Å². The number of carbonyl (C=O) groups excluding carboxylic acids is 1. The van der Waals surface area contributed by atoms with Crippen LogP contribution >= 0.6 is 0 Å². The molecule has 0 saturated heterocycles. The van der Waals surface area contributed by atoms with Crippen LogP contribution in [-0.2, 0) is 6.42 Å². The smallest absolute Gasteiger partial charge is 0.270 e. The van der Waals surface area contributed by atoms with Gasteiger partial charge in [0.1, 0.15) is 17.1 Å². The van der Waals surface area contributed by atoms with E-state index in [1.807, 2.05) is 6.07 Å². The fraction of sp³-hybridized carbons (Fsp3) is 0.185. The molecule has 1 heterocycles. The number of non-ortho nitro benzene ring substituents is 1. The number of nitro benzene ring substituents is 1. The van der Waals surface area contributed by atoms with Gasteiger partial charge in [-0.1, -0.05) is 25.5 Å². The number of hydrogen-bond acceptors (Lipinski definition) is 6. The summed E-state index contributed by atoms with van der Waals surface area (Å²) < 4.78 is 11.3. The molecule has 0 unspecified atom stereocenters. The van der Waals surface area contributed by atoms with Gasteiger partial charge in [-0.2, -0.15) is 0 Å². The van der Waals surface area contributed by atoms with Crippen molar-refractivity contribution in [1.82, 2.24) is 0 Å². The maximum Gasteiger partial charge on any atom is 0.270 e. The van der Waals surface area contributed by atoms with Crippen molar-refractivity contribution in [3.05, 3.63) is 99.3 Å². The van der Waals surface area contributed by atoms with Gasteiger partial charge in [0, 0.05) is 35.7 Å². The van der Waals surface area contributed by atoms with Crippen molar-refractivity contribution in [2.45, 2.75) is 26.2 Å². The standard InChI is InChI=1S/C27H24N2O5/c1-3-4-8-25-26(27(30)19-9-12-22(33-2)13-10-19)23-16-20(11-14-24(23)34-25)28-17-18-6-5-7-21(15-18)29(31)32/h5-7,9-17H,3-4,8H2,1-2H3. The van der Waals surface area contributed by atoms with Crippen LogP contribution in [0.5, 0.6) is 5.75 Å². The van der Waals surface area contributed by atoms with E-state index in [4.69, 9.17) is 9.15 Å². The fourth-order valence-electron chi connectivity index (χ4n) is 3.73. The van der Waals surface area contributed by atoms with Crippen LogP contribution in [0, 0.1) is 10.1 Å². The van der Waals surface area contributed by atoms with Gasteiger partial charge >= 0.3 is 0 Å². The minimum Gasteiger partial charge on any atom is -0.497 e. The summed E-state index contributed by atoms with van der Waals surface area (Å²) in [4.78, 5) is 28.5. The van der Waals surface area contributed by atoms with Gasteiger partial charge in [-0.3, -0.25) is 19.9 Å². The predicted octanol–water partition coefficient (Wildman–Crippen LogP) is 6.67. The first kappa shape index (κ1) is 22.9. The van der Waals surface area contributed by atoms with E-state index in [2.05, 4.69) is 11.9 Å². The van der Waals surface area contributed by atoms with Gasteiger partial charge in [0.05, 0.1) is 23.3 Å². The molecular formula is C27H24N2O5. The molecule has 0 radical (unpaired) electrons. The molecule has 7 nitrogen and oxygen atoms in total. The Balaban J connectivity index is 1.74. The number of aryl methyl sites for hydroxylation is 1. The largest absolute Gasteiger partial charge is 0.497 e. The summed E-state index contributed by atoms with van der Waals surface area (Å²) in [6.45, 7) is 2.09. The van der Waals surface area contributed by atoms with E-state index in [1.165, 1.54) is 12.1 Å². The van der Waals surface area contributed by atoms with Gasteiger partial charge in [-0.15, -0.1) is 0 Å². The number of nitro groups is 1. The molecule has 34 heavy (non-hydrogen) atoms. The first-order valence-corrected chi connectivity index (χ1v) is 11.0. The molecule has 3 aromatic carbocycles. The lowest BCUT2D eigenvalue weighted by atomic mass is 9.98. The van der Waals surface area contributed by atoms with Crippen LogP contribution in [-0.4, -0.2) is 24.0 Å². The van der Waals surface area contributed by atoms with Gasteiger partial charge in [-0.25, -0.2) is 0 Å². The number of carbonyl (C=O) groups is 1. The Morgan fingerprint density at radius 3 is 2.62 bits per heavy atom. The molecule has 0 aliphatic rings. The van der Waals surface area contributed by atoms with Gasteiger partial charge in [0.25, 0.3) is 5.69 Å². The minimum absolute atomic E-state index is 0.00202. The lowest BCUT2D eigenvalue weighted by Gasteiger charge is -2.05. The van der Waals surface area contributed by atoms with Gasteiger partial charge in [-0.05, 0) is 54.4 Å². The first-order valence-electron chi connectivity index (χ1n) is 11.0. The topological polar surface area (TPSA) is 94.9 Å². The molecule has 0 atom stereocenters. The van der Waals surface area contributed by atoms with Crippen LogP contribution in [0.3, 0.4) is 0 Å². The number of unbranched alkanes of at least 4 members (excludes halogenated alkanes) is 1. The van der Waals surface area contributed by atoms with Crippen molar-refractivity contribution in [2.75, 3.05) is 7.11 Å². The van der Waals surface area contributed by atoms with Crippen molar-refractivity contribution in [3.8, 4) is 5.75 Å². The van der Waals surface area contributed by atoms with Crippen molar-refractivity contribution in [3.63, 3.8) is 0 Å². The Labute approximate surface area is 196 Å². The monoisotopic (exact) mass is 456 g/mol. The fourth-order valence-corrected chi connectivity index (χ4v) is 3.73. The van der Waals surface area contributed by atoms with Crippen LogP contribution in [0.15, 0.2) is 76.1 Å². The van der Waals surface area contributed by atoms with E-state index in [9.17, 15) is 14.9 Å². The van der Waals surface area contributed by atoms with Gasteiger partial charge in [0.2, 0.25) is 0 Å². The molecular weight excluding hydrogens is 432 g/mol. The number of fused-ring (bicyclic) bond motifs is 1. The molecule has 7 heteroatoms. The predicted molar refractivity (Wildman–Crippen MR) is 132 cm³/mol. The number of aliphatic imine (C=N–C) groups is 1. The molecule has 4 aromatic rings. The second-order valence-corrected chi connectivity index (χ2v) is 7.85. The second kappa shape index (κ2) is 10.1. The van der Waals surface area contributed by atoms with Crippen LogP contribution in [0.1, 0.15) is 47.0 Å². The summed E-state index contributed by atoms with van der Waals surface area (Å²) in [7, 11) is 1.58. The van der Waals surface area contributed by atoms with Crippen LogP contribution in [0.2, 0.25) is 0 Å². The molecule has 0 amide bonds. The lowest BCUT2D eigenvalue weighted by Crippen LogP contribution is -2.04. The molecule has 1 aromatic heterocycles. The molecule has 4 rings (SSSR count). The van der Waals surface area contributed by atoms with E-state index in [1.54, 1.807) is 61.9 Å². The molecule has 0 N–H and O–H groups in total. The highest BCUT2D eigenvalue weighted by atomic mass is 16.6. The average molecular weight is 456 g/mol. The summed E-state index contributed by atoms with van der Waals surface area (Å²) in [6, 6.07) is 18.7. The molecule has 0 aliphatic heterocycles. The number of methoxy groups -OCH3 is 1. The van der Waals surface area contributed by atoms with E-state index < -0.39 is 4.92 Å². The van der Waals surface area contributed by atoms with E-state index in [-0.39, 0.29) is 11.5 Å². The summed E-state index contributed by atoms with van der Waals surface area (Å²) in [5.74, 6) is 1.22. The zero-order valence-electron chi connectivity index (χ0n) is 19.0. The number of nitrogens with zero attached hydrogens (tertiary/aromatic N) is 2. The van der Waals surface area contributed by atoms with Crippen molar-refractivity contribution in [1.29, 1.82) is 0 Å². The van der Waals surface area contributed by atoms with Crippen molar-refractivity contribution >= 4 is 34.3 Å². The molecule has 0 fully saturated rings. The van der Waals surface area contributed by atoms with E-state index >= 15 is 0 Å². The molecule has 0 aliphatic carbocycles. The molecule has 0 spiro atoms. The Morgan fingerprint density at radius 1 is 1.12 bits per heavy atom. The third kappa shape index (κ3) is 4.88. The zero-order chi connectivity index (χ0) is 24.1. The number of benzene rings is 3. The zero-order valence-corrected chi connectivity index (χ0v) is 19.0. The molecule has 0 bridgehead atoms. The minimum atomic E-state index is -0.441. The summed E-state index contributed by atoms with van der Waals surface area (Å²) in [6.07, 6.45) is 4.11. The maximum absolute atomic E-state index is 13.5. The Morgan fingerprint density at radius 2 is 1.91 bits per heavy atom. The highest BCUT2D eigenvalue weighted by Gasteiger charge is 2.22. The summed E-state index contributed by atoms with van der Waals surface area (Å²) >= 11 is 0. The summed E-state index contributed by atoms with van der Waals surface area (Å²) in [5, 5.41) is 11.7. The molecule has 0 saturated carbocycles. The molecule has 172 valence electrons. The third-order valence-corrected chi connectivity index (χ3v) is 5.52. The lowest BCUT2D eigenvalue weighted by molar-refractivity contribution is -0.384. The van der Waals surface area contributed by atoms with Gasteiger partial charge in [0.15, 0.2) is 5.78 Å². The van der Waals surface area contributed by atoms with Crippen molar-refractivity contribution in [2.24, 2.45) is 4.99 Å². The summed E-state index contributed by atoms with van der Waals surface area (Å²) in [5.41, 5.74) is 2.94. The number of ketones is 1. The Kier molecular flexibility index (Phi) is 6.82. The number of furan rings is 1. The van der Waals surface area contributed by atoms with Gasteiger partial charge < -0.3 is 9.15 Å². The highest BCUT2D eigenvalue weighted by molar-refractivity contribution is 6.17. The number of ether oxygens (including phenoxy) is 1. The highest BCUT2D eigenvalue weighted by Crippen LogP contribution is 2.32. The maximum atomic E-state index is 13.5. The second-order valence-electron chi connectivity index (χ2n) is 7.85. The Bertz CT molecular complexity index is 1370. The van der Waals surface area contributed by atoms with Crippen molar-refractivity contribution < 1.29 is 18.9 Å². The normalized spacial score (nSPS) is 11.2. The quantitative estimate of drug-likeness (QED) is 0.121. The Hall–Kier alpha value is -4.26. The number of rotatable bonds is 9. The number of hydrogen-bond donors (Lipinski definition) is 0. The third-order valence-electron chi connectivity index (χ3n) is 5.52. The first-order chi connectivity index (χ1) is 16.5. The van der Waals surface area contributed by atoms with Crippen LogP contribution in [0.4, 0.5) is 11.4 Å². The average Bonchev–Trinajstić information content (AvgIpc) is 3.23.